The summed E-state index contributed by atoms with van der Waals surface area (Å²) >= 11 is 0. The largest absolute Gasteiger partial charge is 0.323 e. The maximum absolute atomic E-state index is 13.1. The average Bonchev–Trinajstić information content (AvgIpc) is 3.28. The van der Waals surface area contributed by atoms with Gasteiger partial charge in [-0.05, 0) is 66.1 Å². The summed E-state index contributed by atoms with van der Waals surface area (Å²) in [5.74, 6) is -1.16. The molecule has 11 heteroatoms. The molecule has 2 N–H and O–H groups in total. The van der Waals surface area contributed by atoms with E-state index in [1.54, 1.807) is 18.2 Å². The second kappa shape index (κ2) is 9.96. The Balaban J connectivity index is 1.40. The van der Waals surface area contributed by atoms with Gasteiger partial charge in [-0.1, -0.05) is 30.3 Å². The molecule has 0 aliphatic carbocycles. The molecule has 2 amide bonds. The molecule has 0 fully saturated rings. The van der Waals surface area contributed by atoms with Gasteiger partial charge in [0.1, 0.15) is 0 Å². The van der Waals surface area contributed by atoms with Crippen LogP contribution >= 0.6 is 0 Å². The van der Waals surface area contributed by atoms with Crippen LogP contribution in [0.25, 0.3) is 6.08 Å². The van der Waals surface area contributed by atoms with Gasteiger partial charge < -0.3 is 5.32 Å². The Morgan fingerprint density at radius 1 is 0.861 bits per heavy atom. The molecule has 0 unspecified atom stereocenters. The molecule has 0 radical (unpaired) electrons. The number of carbonyl (C=O) groups is 2. The molecule has 0 spiro atoms. The Morgan fingerprint density at radius 3 is 2.17 bits per heavy atom. The van der Waals surface area contributed by atoms with Crippen LogP contribution in [-0.2, 0) is 36.1 Å². The Bertz CT molecular complexity index is 1550. The lowest BCUT2D eigenvalue weighted by Gasteiger charge is -2.19. The monoisotopic (exact) mass is 525 g/mol. The maximum atomic E-state index is 13.1. The average molecular weight is 526 g/mol. The van der Waals surface area contributed by atoms with Gasteiger partial charge in [0.05, 0.1) is 15.5 Å². The number of nitrogens with one attached hydrogen (secondary N) is 2. The van der Waals surface area contributed by atoms with Crippen molar-refractivity contribution in [3.63, 3.8) is 0 Å². The number of benzene rings is 3. The smallest absolute Gasteiger partial charge is 0.264 e. The molecular weight excluding hydrogens is 502 g/mol. The maximum Gasteiger partial charge on any atom is 0.264 e. The van der Waals surface area contributed by atoms with Crippen molar-refractivity contribution >= 4 is 49.3 Å². The highest BCUT2D eigenvalue weighted by molar-refractivity contribution is 7.92. The fourth-order valence-electron chi connectivity index (χ4n) is 3.76. The van der Waals surface area contributed by atoms with Crippen molar-refractivity contribution in [3.05, 3.63) is 90.0 Å². The highest BCUT2D eigenvalue weighted by Crippen LogP contribution is 2.32. The molecule has 0 atom stereocenters. The third-order valence-electron chi connectivity index (χ3n) is 5.45. The van der Waals surface area contributed by atoms with Gasteiger partial charge in [-0.25, -0.2) is 21.6 Å². The van der Waals surface area contributed by atoms with Gasteiger partial charge in [0, 0.05) is 25.2 Å². The normalized spacial score (nSPS) is 13.4. The fraction of sp³-hybridized carbons (Fsp3) is 0.120. The molecule has 0 saturated carbocycles. The van der Waals surface area contributed by atoms with E-state index < -0.39 is 31.9 Å². The van der Waals surface area contributed by atoms with Crippen LogP contribution in [0, 0.1) is 0 Å². The number of amides is 2. The number of para-hydroxylation sites is 1. The fourth-order valence-corrected chi connectivity index (χ4v) is 6.25. The molecule has 9 nitrogen and oxygen atoms in total. The Hall–Kier alpha value is -3.96. The van der Waals surface area contributed by atoms with E-state index in [9.17, 15) is 26.4 Å². The molecule has 186 valence electrons. The SMILES string of the molecule is CC(=O)NS(=O)(=O)c1ccc(NC(=O)C=Cc2ccc(S(=O)(=O)N3CCc4ccccc43)cc2)cc1. The van der Waals surface area contributed by atoms with Crippen LogP contribution in [0.4, 0.5) is 11.4 Å². The van der Waals surface area contributed by atoms with Crippen LogP contribution in [-0.4, -0.2) is 35.2 Å². The van der Waals surface area contributed by atoms with Crippen molar-refractivity contribution in [3.8, 4) is 0 Å². The molecule has 0 aromatic heterocycles. The second-order valence-corrected chi connectivity index (χ2v) is 11.6. The molecule has 3 aromatic rings. The van der Waals surface area contributed by atoms with Crippen LogP contribution in [0.2, 0.25) is 0 Å². The lowest BCUT2D eigenvalue weighted by molar-refractivity contribution is -0.117. The molecule has 36 heavy (non-hydrogen) atoms. The van der Waals surface area contributed by atoms with Crippen LogP contribution in [0.15, 0.2) is 88.7 Å². The van der Waals surface area contributed by atoms with E-state index in [1.165, 1.54) is 52.9 Å². The zero-order valence-corrected chi connectivity index (χ0v) is 20.8. The minimum absolute atomic E-state index is 0.112. The first-order valence-corrected chi connectivity index (χ1v) is 13.8. The molecule has 0 bridgehead atoms. The molecule has 1 heterocycles. The van der Waals surface area contributed by atoms with E-state index in [0.717, 1.165) is 12.5 Å². The third kappa shape index (κ3) is 5.47. The van der Waals surface area contributed by atoms with Gasteiger partial charge in [0.25, 0.3) is 20.0 Å². The Morgan fingerprint density at radius 2 is 1.50 bits per heavy atom. The number of anilines is 2. The number of nitrogens with zero attached hydrogens (tertiary/aromatic N) is 1. The highest BCUT2D eigenvalue weighted by Gasteiger charge is 2.30. The van der Waals surface area contributed by atoms with Crippen molar-refractivity contribution in [2.45, 2.75) is 23.1 Å². The summed E-state index contributed by atoms with van der Waals surface area (Å²) in [6, 6.07) is 19.0. The first kappa shape index (κ1) is 25.1. The quantitative estimate of drug-likeness (QED) is 0.456. The standard InChI is InChI=1S/C25H23N3O6S2/c1-18(29)27-35(31,32)22-13-9-21(10-14-22)26-25(30)15-8-19-6-11-23(12-7-19)36(33,34)28-17-16-20-4-2-3-5-24(20)28/h2-15H,16-17H2,1H3,(H,26,30)(H,27,29). The third-order valence-corrected chi connectivity index (χ3v) is 8.73. The summed E-state index contributed by atoms with van der Waals surface area (Å²) in [6.45, 7) is 1.49. The predicted octanol–water partition coefficient (Wildman–Crippen LogP) is 2.91. The van der Waals surface area contributed by atoms with Gasteiger partial charge in [-0.2, -0.15) is 0 Å². The first-order valence-electron chi connectivity index (χ1n) is 10.9. The van der Waals surface area contributed by atoms with Gasteiger partial charge >= 0.3 is 0 Å². The number of hydrogen-bond donors (Lipinski definition) is 2. The van der Waals surface area contributed by atoms with Crippen LogP contribution in [0.1, 0.15) is 18.1 Å². The summed E-state index contributed by atoms with van der Waals surface area (Å²) in [5.41, 5.74) is 2.68. The van der Waals surface area contributed by atoms with Crippen molar-refractivity contribution < 1.29 is 26.4 Å². The summed E-state index contributed by atoms with van der Waals surface area (Å²) < 4.78 is 53.4. The molecule has 4 rings (SSSR count). The summed E-state index contributed by atoms with van der Waals surface area (Å²) in [4.78, 5) is 23.3. The molecule has 1 aliphatic heterocycles. The zero-order chi connectivity index (χ0) is 25.9. The highest BCUT2D eigenvalue weighted by atomic mass is 32.2. The number of hydrogen-bond acceptors (Lipinski definition) is 6. The summed E-state index contributed by atoms with van der Waals surface area (Å²) in [7, 11) is -7.66. The van der Waals surface area contributed by atoms with Crippen LogP contribution < -0.4 is 14.3 Å². The summed E-state index contributed by atoms with van der Waals surface area (Å²) in [5, 5.41) is 2.60. The number of fused-ring (bicyclic) bond motifs is 1. The minimum atomic E-state index is -3.96. The van der Waals surface area contributed by atoms with Crippen molar-refractivity contribution in [1.82, 2.24) is 4.72 Å². The molecule has 1 aliphatic rings. The minimum Gasteiger partial charge on any atom is -0.323 e. The van der Waals surface area contributed by atoms with E-state index in [4.69, 9.17) is 0 Å². The van der Waals surface area contributed by atoms with Gasteiger partial charge in [0.2, 0.25) is 11.8 Å². The second-order valence-electron chi connectivity index (χ2n) is 8.03. The van der Waals surface area contributed by atoms with Crippen molar-refractivity contribution in [2.75, 3.05) is 16.2 Å². The van der Waals surface area contributed by atoms with Gasteiger partial charge in [-0.3, -0.25) is 13.9 Å². The van der Waals surface area contributed by atoms with Gasteiger partial charge in [-0.15, -0.1) is 0 Å². The zero-order valence-electron chi connectivity index (χ0n) is 19.2. The molecule has 3 aromatic carbocycles. The first-order chi connectivity index (χ1) is 17.1. The lowest BCUT2D eigenvalue weighted by atomic mass is 10.2. The molecule has 0 saturated heterocycles. The Labute approximate surface area is 209 Å². The van der Waals surface area contributed by atoms with E-state index >= 15 is 0 Å². The summed E-state index contributed by atoms with van der Waals surface area (Å²) in [6.07, 6.45) is 3.48. The number of rotatable bonds is 7. The van der Waals surface area contributed by atoms with Crippen molar-refractivity contribution in [1.29, 1.82) is 0 Å². The predicted molar refractivity (Wildman–Crippen MR) is 136 cm³/mol. The van der Waals surface area contributed by atoms with E-state index in [1.807, 2.05) is 22.9 Å². The molecular formula is C25H23N3O6S2. The topological polar surface area (TPSA) is 130 Å². The number of carbonyl (C=O) groups excluding carboxylic acids is 2. The van der Waals surface area contributed by atoms with E-state index in [2.05, 4.69) is 5.32 Å². The van der Waals surface area contributed by atoms with Crippen LogP contribution in [0.3, 0.4) is 0 Å². The van der Waals surface area contributed by atoms with E-state index in [-0.39, 0.29) is 9.79 Å². The van der Waals surface area contributed by atoms with Crippen LogP contribution in [0.5, 0.6) is 0 Å². The lowest BCUT2D eigenvalue weighted by Crippen LogP contribution is -2.29. The number of sulfonamides is 2. The Kier molecular flexibility index (Phi) is 6.95. The van der Waals surface area contributed by atoms with E-state index in [0.29, 0.717) is 29.9 Å². The van der Waals surface area contributed by atoms with Gasteiger partial charge in [0.15, 0.2) is 0 Å². The van der Waals surface area contributed by atoms with Crippen molar-refractivity contribution in [2.24, 2.45) is 0 Å².